The van der Waals surface area contributed by atoms with Gasteiger partial charge in [0.25, 0.3) is 5.60 Å². The predicted molar refractivity (Wildman–Crippen MR) is 140 cm³/mol. The summed E-state index contributed by atoms with van der Waals surface area (Å²) in [7, 11) is 3.62. The lowest BCUT2D eigenvalue weighted by molar-refractivity contribution is -0.398. The van der Waals surface area contributed by atoms with Crippen molar-refractivity contribution >= 4 is 10.2 Å². The third kappa shape index (κ3) is 5.75. The van der Waals surface area contributed by atoms with Gasteiger partial charge in [-0.1, -0.05) is 109 Å². The minimum atomic E-state index is -1.95. The van der Waals surface area contributed by atoms with E-state index in [0.29, 0.717) is 0 Å². The molecule has 0 aliphatic rings. The van der Waals surface area contributed by atoms with Crippen LogP contribution in [0.15, 0.2) is 91.0 Å². The Morgan fingerprint density at radius 3 is 0.943 bits per heavy atom. The maximum Gasteiger partial charge on any atom is 0.253 e. The first-order chi connectivity index (χ1) is 16.6. The van der Waals surface area contributed by atoms with Crippen molar-refractivity contribution in [2.75, 3.05) is 0 Å². The standard InChI is InChI=1S/C31H27O3Si/c1-7-28(4,25-19-13-10-14-20-25)32-31(35,33-29(5,8-2)26-21-15-11-16-22-26)34-30(6,9-3)27-23-17-12-18-24-27/h1-3,10-24H,4-6H3. The summed E-state index contributed by atoms with van der Waals surface area (Å²) in [5, 5.41) is 0. The monoisotopic (exact) mass is 475 g/mol. The van der Waals surface area contributed by atoms with Crippen LogP contribution < -0.4 is 0 Å². The number of benzene rings is 3. The average Bonchev–Trinajstić information content (AvgIpc) is 2.89. The maximum atomic E-state index is 6.44. The molecule has 173 valence electrons. The number of ether oxygens (including phenoxy) is 3. The number of hydrogen-bond acceptors (Lipinski definition) is 3. The van der Waals surface area contributed by atoms with Gasteiger partial charge < -0.3 is 14.2 Å². The van der Waals surface area contributed by atoms with E-state index in [-0.39, 0.29) is 0 Å². The number of hydrogen-bond donors (Lipinski definition) is 0. The highest BCUT2D eigenvalue weighted by Gasteiger charge is 2.47. The molecular weight excluding hydrogens is 448 g/mol. The molecule has 0 fully saturated rings. The molecule has 3 aromatic carbocycles. The molecule has 0 spiro atoms. The first kappa shape index (κ1) is 26.0. The zero-order valence-corrected chi connectivity index (χ0v) is 21.1. The van der Waals surface area contributed by atoms with Crippen molar-refractivity contribution < 1.29 is 14.2 Å². The zero-order chi connectivity index (χ0) is 25.6. The molecule has 3 unspecified atom stereocenters. The third-order valence-electron chi connectivity index (χ3n) is 5.82. The summed E-state index contributed by atoms with van der Waals surface area (Å²) < 4.78 is 19.3. The van der Waals surface area contributed by atoms with E-state index in [1.165, 1.54) is 0 Å². The van der Waals surface area contributed by atoms with Crippen molar-refractivity contribution in [3.63, 3.8) is 0 Å². The van der Waals surface area contributed by atoms with Gasteiger partial charge in [0.05, 0.1) is 0 Å². The van der Waals surface area contributed by atoms with E-state index in [2.05, 4.69) is 28.0 Å². The number of terminal acetylenes is 3. The van der Waals surface area contributed by atoms with Gasteiger partial charge in [-0.25, -0.2) is 0 Å². The smallest absolute Gasteiger partial charge is 0.253 e. The molecule has 0 aromatic heterocycles. The van der Waals surface area contributed by atoms with Crippen LogP contribution in [0.1, 0.15) is 37.5 Å². The van der Waals surface area contributed by atoms with Crippen LogP contribution in [0.2, 0.25) is 0 Å². The highest BCUT2D eigenvalue weighted by atomic mass is 28.1. The Kier molecular flexibility index (Phi) is 7.72. The van der Waals surface area contributed by atoms with Crippen molar-refractivity contribution in [3.05, 3.63) is 108 Å². The molecule has 3 aromatic rings. The molecule has 3 radical (unpaired) electrons. The van der Waals surface area contributed by atoms with Crippen molar-refractivity contribution in [1.29, 1.82) is 0 Å². The lowest BCUT2D eigenvalue weighted by Crippen LogP contribution is -2.53. The summed E-state index contributed by atoms with van der Waals surface area (Å²) in [6, 6.07) is 28.1. The lowest BCUT2D eigenvalue weighted by atomic mass is 9.96. The van der Waals surface area contributed by atoms with Gasteiger partial charge in [-0.2, -0.15) is 0 Å². The minimum Gasteiger partial charge on any atom is -0.308 e. The Labute approximate surface area is 212 Å². The summed E-state index contributed by atoms with van der Waals surface area (Å²) in [5.74, 6) is 8.16. The van der Waals surface area contributed by atoms with E-state index < -0.39 is 22.4 Å². The van der Waals surface area contributed by atoms with Crippen LogP contribution in [-0.4, -0.2) is 15.8 Å². The van der Waals surface area contributed by atoms with E-state index in [1.807, 2.05) is 91.0 Å². The summed E-state index contributed by atoms with van der Waals surface area (Å²) in [5.41, 5.74) is -3.57. The van der Waals surface area contributed by atoms with Crippen molar-refractivity contribution in [1.82, 2.24) is 0 Å². The second-order valence-electron chi connectivity index (χ2n) is 8.49. The molecule has 3 rings (SSSR count). The van der Waals surface area contributed by atoms with E-state index in [0.717, 1.165) is 16.7 Å². The van der Waals surface area contributed by atoms with Crippen LogP contribution in [0.5, 0.6) is 0 Å². The van der Waals surface area contributed by atoms with Gasteiger partial charge in [0.15, 0.2) is 27.0 Å². The molecule has 0 aliphatic carbocycles. The Morgan fingerprint density at radius 1 is 0.514 bits per heavy atom. The van der Waals surface area contributed by atoms with Crippen LogP contribution in [0.25, 0.3) is 0 Å². The van der Waals surface area contributed by atoms with Crippen molar-refractivity contribution in [3.8, 4) is 37.0 Å². The second-order valence-corrected chi connectivity index (χ2v) is 9.11. The fourth-order valence-electron chi connectivity index (χ4n) is 3.65. The van der Waals surface area contributed by atoms with Gasteiger partial charge in [-0.3, -0.25) is 0 Å². The van der Waals surface area contributed by atoms with Crippen molar-refractivity contribution in [2.24, 2.45) is 0 Å². The van der Waals surface area contributed by atoms with Crippen LogP contribution in [0.3, 0.4) is 0 Å². The van der Waals surface area contributed by atoms with Crippen LogP contribution in [-0.2, 0) is 31.0 Å². The molecular formula is C31H27O3Si. The summed E-state index contributed by atoms with van der Waals surface area (Å²) in [6.45, 7) is 5.24. The molecule has 3 atom stereocenters. The molecule has 0 saturated carbocycles. The third-order valence-corrected chi connectivity index (χ3v) is 6.12. The molecule has 0 heterocycles. The predicted octanol–water partition coefficient (Wildman–Crippen LogP) is 5.46. The molecule has 0 amide bonds. The van der Waals surface area contributed by atoms with E-state index in [4.69, 9.17) is 33.5 Å². The average molecular weight is 476 g/mol. The minimum absolute atomic E-state index is 0.724. The van der Waals surface area contributed by atoms with E-state index in [1.54, 1.807) is 20.8 Å². The largest absolute Gasteiger partial charge is 0.308 e. The fraction of sp³-hybridized carbons (Fsp3) is 0.226. The topological polar surface area (TPSA) is 27.7 Å². The number of rotatable bonds is 9. The van der Waals surface area contributed by atoms with Crippen molar-refractivity contribution in [2.45, 2.75) is 43.2 Å². The van der Waals surface area contributed by atoms with Gasteiger partial charge in [-0.05, 0) is 37.5 Å². The van der Waals surface area contributed by atoms with Gasteiger partial charge in [0, 0.05) is 0 Å². The molecule has 0 aliphatic heterocycles. The van der Waals surface area contributed by atoms with Gasteiger partial charge in [0.2, 0.25) is 0 Å². The quantitative estimate of drug-likeness (QED) is 0.234. The highest BCUT2D eigenvalue weighted by molar-refractivity contribution is 6.12. The van der Waals surface area contributed by atoms with Gasteiger partial charge in [-0.15, -0.1) is 19.3 Å². The molecule has 3 nitrogen and oxygen atoms in total. The summed E-state index contributed by atoms with van der Waals surface area (Å²) in [6.07, 6.45) is 17.9. The Morgan fingerprint density at radius 2 is 0.743 bits per heavy atom. The Bertz CT molecular complexity index is 1100. The van der Waals surface area contributed by atoms with Crippen LogP contribution >= 0.6 is 0 Å². The molecule has 0 bridgehead atoms. The summed E-state index contributed by atoms with van der Waals surface area (Å²) in [4.78, 5) is 0. The van der Waals surface area contributed by atoms with Crippen LogP contribution in [0, 0.1) is 37.0 Å². The Balaban J connectivity index is 2.12. The second kappa shape index (κ2) is 10.4. The molecule has 35 heavy (non-hydrogen) atoms. The molecule has 0 saturated heterocycles. The highest BCUT2D eigenvalue weighted by Crippen LogP contribution is 2.40. The normalized spacial score (nSPS) is 17.7. The first-order valence-electron chi connectivity index (χ1n) is 11.1. The zero-order valence-electron chi connectivity index (χ0n) is 20.1. The first-order valence-corrected chi connectivity index (χ1v) is 11.6. The van der Waals surface area contributed by atoms with E-state index >= 15 is 0 Å². The molecule has 0 N–H and O–H groups in total. The molecule has 4 heteroatoms. The van der Waals surface area contributed by atoms with E-state index in [9.17, 15) is 0 Å². The summed E-state index contributed by atoms with van der Waals surface area (Å²) >= 11 is 0. The van der Waals surface area contributed by atoms with Crippen LogP contribution in [0.4, 0.5) is 0 Å². The fourth-order valence-corrected chi connectivity index (χ4v) is 4.26. The van der Waals surface area contributed by atoms with Gasteiger partial charge in [0.1, 0.15) is 0 Å². The Hall–Kier alpha value is -3.56. The SMILES string of the molecule is C#CC(C)(OC([Si])(OC(C)(C#C)c1ccccc1)OC(C)(C#C)c1ccccc1)c1ccccc1. The van der Waals surface area contributed by atoms with Gasteiger partial charge >= 0.3 is 0 Å². The maximum absolute atomic E-state index is 6.44. The lowest BCUT2D eigenvalue weighted by Gasteiger charge is -2.45.